The van der Waals surface area contributed by atoms with E-state index in [1.807, 2.05) is 36.5 Å². The molecule has 9 rings (SSSR count). The molecule has 0 amide bonds. The molecule has 0 unspecified atom stereocenters. The van der Waals surface area contributed by atoms with Crippen LogP contribution in [0.3, 0.4) is 0 Å². The number of rotatable bonds is 4. The predicted molar refractivity (Wildman–Crippen MR) is 184 cm³/mol. The maximum absolute atomic E-state index is 6.55. The number of benzene rings is 6. The lowest BCUT2D eigenvalue weighted by Crippen LogP contribution is -2.15. The number of fused-ring (bicyclic) bond motifs is 5. The van der Waals surface area contributed by atoms with Crippen molar-refractivity contribution >= 4 is 38.9 Å². The van der Waals surface area contributed by atoms with E-state index in [4.69, 9.17) is 4.74 Å². The van der Waals surface area contributed by atoms with E-state index in [1.165, 1.54) is 21.8 Å². The Bertz CT molecular complexity index is 2340. The Morgan fingerprint density at radius 1 is 0.444 bits per heavy atom. The molecule has 0 bridgehead atoms. The molecule has 1 aliphatic heterocycles. The molecule has 0 atom stereocenters. The quantitative estimate of drug-likeness (QED) is 0.208. The van der Waals surface area contributed by atoms with Crippen molar-refractivity contribution in [3.8, 4) is 39.6 Å². The first kappa shape index (κ1) is 25.4. The largest absolute Gasteiger partial charge is 0.453 e. The molecule has 0 spiro atoms. The Hall–Kier alpha value is -6.13. The van der Waals surface area contributed by atoms with Crippen LogP contribution in [0.2, 0.25) is 0 Å². The van der Waals surface area contributed by atoms with Gasteiger partial charge in [-0.25, -0.2) is 0 Å². The van der Waals surface area contributed by atoms with Crippen LogP contribution < -0.4 is 9.64 Å². The summed E-state index contributed by atoms with van der Waals surface area (Å²) in [5, 5.41) is 2.47. The van der Waals surface area contributed by atoms with Gasteiger partial charge in [0.05, 0.1) is 28.1 Å². The number of aromatic nitrogens is 2. The number of pyridine rings is 1. The third kappa shape index (κ3) is 4.19. The van der Waals surface area contributed by atoms with Crippen LogP contribution in [-0.2, 0) is 0 Å². The normalized spacial score (nSPS) is 12.1. The number of hydrogen-bond donors (Lipinski definition) is 0. The van der Waals surface area contributed by atoms with Crippen LogP contribution >= 0.6 is 0 Å². The number of nitrogens with zero attached hydrogens (tertiary/aromatic N) is 3. The monoisotopic (exact) mass is 577 g/mol. The van der Waals surface area contributed by atoms with Gasteiger partial charge in [0.2, 0.25) is 0 Å². The molecule has 0 N–H and O–H groups in total. The van der Waals surface area contributed by atoms with E-state index in [0.717, 1.165) is 56.6 Å². The third-order valence-corrected chi connectivity index (χ3v) is 8.63. The van der Waals surface area contributed by atoms with Crippen LogP contribution in [-0.4, -0.2) is 9.55 Å². The summed E-state index contributed by atoms with van der Waals surface area (Å²) in [6.45, 7) is 0. The molecule has 0 radical (unpaired) electrons. The van der Waals surface area contributed by atoms with E-state index in [2.05, 4.69) is 142 Å². The van der Waals surface area contributed by atoms with Crippen molar-refractivity contribution in [1.29, 1.82) is 0 Å². The Labute approximate surface area is 261 Å². The van der Waals surface area contributed by atoms with E-state index >= 15 is 0 Å². The molecule has 212 valence electrons. The zero-order valence-corrected chi connectivity index (χ0v) is 24.3. The molecule has 0 saturated carbocycles. The van der Waals surface area contributed by atoms with Crippen molar-refractivity contribution < 1.29 is 4.74 Å². The second-order valence-corrected chi connectivity index (χ2v) is 11.3. The summed E-state index contributed by atoms with van der Waals surface area (Å²) in [6, 6.07) is 55.3. The van der Waals surface area contributed by atoms with Gasteiger partial charge in [0.1, 0.15) is 0 Å². The van der Waals surface area contributed by atoms with E-state index in [1.54, 1.807) is 0 Å². The second kappa shape index (κ2) is 10.2. The maximum Gasteiger partial charge on any atom is 0.152 e. The predicted octanol–water partition coefficient (Wildman–Crippen LogP) is 11.1. The highest BCUT2D eigenvalue weighted by atomic mass is 16.5. The summed E-state index contributed by atoms with van der Waals surface area (Å²) in [5.41, 5.74) is 10.9. The first-order valence-electron chi connectivity index (χ1n) is 15.1. The van der Waals surface area contributed by atoms with Gasteiger partial charge < -0.3 is 14.2 Å². The van der Waals surface area contributed by atoms with Gasteiger partial charge in [-0.3, -0.25) is 4.98 Å². The van der Waals surface area contributed by atoms with Gasteiger partial charge in [0, 0.05) is 33.9 Å². The van der Waals surface area contributed by atoms with Crippen molar-refractivity contribution in [3.63, 3.8) is 0 Å². The topological polar surface area (TPSA) is 30.3 Å². The van der Waals surface area contributed by atoms with E-state index < -0.39 is 0 Å². The molecule has 0 aliphatic carbocycles. The molecule has 0 saturated heterocycles. The summed E-state index contributed by atoms with van der Waals surface area (Å²) in [6.07, 6.45) is 1.83. The average Bonchev–Trinajstić information content (AvgIpc) is 3.45. The van der Waals surface area contributed by atoms with Crippen molar-refractivity contribution in [3.05, 3.63) is 164 Å². The Morgan fingerprint density at radius 2 is 1.13 bits per heavy atom. The minimum Gasteiger partial charge on any atom is -0.453 e. The zero-order valence-electron chi connectivity index (χ0n) is 24.3. The molecule has 8 aromatic rings. The summed E-state index contributed by atoms with van der Waals surface area (Å²) in [5.74, 6) is 1.66. The van der Waals surface area contributed by atoms with Gasteiger partial charge in [0.25, 0.3) is 0 Å². The number of anilines is 3. The van der Waals surface area contributed by atoms with Crippen molar-refractivity contribution in [2.45, 2.75) is 0 Å². The molecule has 6 aromatic carbocycles. The molecule has 0 fully saturated rings. The van der Waals surface area contributed by atoms with Crippen LogP contribution in [0.25, 0.3) is 49.9 Å². The highest BCUT2D eigenvalue weighted by molar-refractivity contribution is 6.10. The fraction of sp³-hybridized carbons (Fsp3) is 0. The molecule has 3 heterocycles. The maximum atomic E-state index is 6.55. The van der Waals surface area contributed by atoms with Crippen molar-refractivity contribution in [1.82, 2.24) is 9.55 Å². The third-order valence-electron chi connectivity index (χ3n) is 8.63. The summed E-state index contributed by atoms with van der Waals surface area (Å²) >= 11 is 0. The van der Waals surface area contributed by atoms with Gasteiger partial charge in [0.15, 0.2) is 11.5 Å². The molecular weight excluding hydrogens is 550 g/mol. The molecule has 4 heteroatoms. The van der Waals surface area contributed by atoms with Crippen LogP contribution in [0.4, 0.5) is 17.1 Å². The lowest BCUT2D eigenvalue weighted by atomic mass is 10.0. The van der Waals surface area contributed by atoms with Gasteiger partial charge in [-0.05, 0) is 90.0 Å². The van der Waals surface area contributed by atoms with Crippen molar-refractivity contribution in [2.75, 3.05) is 4.90 Å². The Morgan fingerprint density at radius 3 is 2.00 bits per heavy atom. The summed E-state index contributed by atoms with van der Waals surface area (Å²) in [7, 11) is 0. The average molecular weight is 578 g/mol. The number of para-hydroxylation sites is 4. The Balaban J connectivity index is 1.15. The van der Waals surface area contributed by atoms with Crippen LogP contribution in [0, 0.1) is 0 Å². The SMILES string of the molecule is c1ccc(-n2c3ccccc3c3cc(-c4ccc5c(c4)Oc4ccccc4N5c4ccc(-c5ccccn5)cc4)ccc32)cc1. The molecule has 4 nitrogen and oxygen atoms in total. The fourth-order valence-electron chi connectivity index (χ4n) is 6.54. The highest BCUT2D eigenvalue weighted by Crippen LogP contribution is 2.51. The lowest BCUT2D eigenvalue weighted by molar-refractivity contribution is 0.477. The first-order chi connectivity index (χ1) is 22.3. The van der Waals surface area contributed by atoms with Crippen LogP contribution in [0.15, 0.2) is 164 Å². The zero-order chi connectivity index (χ0) is 29.7. The van der Waals surface area contributed by atoms with Gasteiger partial charge in [-0.1, -0.05) is 78.9 Å². The number of ether oxygens (including phenoxy) is 1. The molecule has 2 aromatic heterocycles. The van der Waals surface area contributed by atoms with E-state index in [9.17, 15) is 0 Å². The minimum absolute atomic E-state index is 0.826. The summed E-state index contributed by atoms with van der Waals surface area (Å²) in [4.78, 5) is 6.79. The van der Waals surface area contributed by atoms with E-state index in [-0.39, 0.29) is 0 Å². The second-order valence-electron chi connectivity index (χ2n) is 11.3. The van der Waals surface area contributed by atoms with E-state index in [0.29, 0.717) is 0 Å². The van der Waals surface area contributed by atoms with Crippen LogP contribution in [0.5, 0.6) is 11.5 Å². The lowest BCUT2D eigenvalue weighted by Gasteiger charge is -2.33. The highest BCUT2D eigenvalue weighted by Gasteiger charge is 2.26. The number of hydrogen-bond acceptors (Lipinski definition) is 3. The van der Waals surface area contributed by atoms with Crippen LogP contribution in [0.1, 0.15) is 0 Å². The van der Waals surface area contributed by atoms with Crippen molar-refractivity contribution in [2.24, 2.45) is 0 Å². The molecular formula is C41H27N3O. The Kier molecular flexibility index (Phi) is 5.78. The summed E-state index contributed by atoms with van der Waals surface area (Å²) < 4.78 is 8.89. The smallest absolute Gasteiger partial charge is 0.152 e. The first-order valence-corrected chi connectivity index (χ1v) is 15.1. The fourth-order valence-corrected chi connectivity index (χ4v) is 6.54. The van der Waals surface area contributed by atoms with Gasteiger partial charge in [-0.2, -0.15) is 0 Å². The molecule has 45 heavy (non-hydrogen) atoms. The van der Waals surface area contributed by atoms with Gasteiger partial charge in [-0.15, -0.1) is 0 Å². The minimum atomic E-state index is 0.826. The standard InChI is InChI=1S/C41H27N3O/c1-2-10-31(11-3-1)43-36-14-5-4-12-33(36)34-26-29(19-23-37(34)43)30-20-24-39-41(27-30)45-40-16-7-6-15-38(40)44(39)32-21-17-28(18-22-32)35-13-8-9-25-42-35/h1-27H. The molecule has 1 aliphatic rings. The van der Waals surface area contributed by atoms with Gasteiger partial charge >= 0.3 is 0 Å².